The summed E-state index contributed by atoms with van der Waals surface area (Å²) in [4.78, 5) is 6.47. The van der Waals surface area contributed by atoms with Crippen LogP contribution in [0.5, 0.6) is 5.75 Å². The van der Waals surface area contributed by atoms with Crippen LogP contribution in [0.3, 0.4) is 0 Å². The molecule has 2 aromatic carbocycles. The second kappa shape index (κ2) is 14.2. The van der Waals surface area contributed by atoms with Crippen LogP contribution < -0.4 is 15.4 Å². The second-order valence-corrected chi connectivity index (χ2v) is 7.25. The van der Waals surface area contributed by atoms with Gasteiger partial charge in [0.1, 0.15) is 12.4 Å². The molecule has 0 fully saturated rings. The van der Waals surface area contributed by atoms with E-state index < -0.39 is 0 Å². The Balaban J connectivity index is 0.00000420. The molecule has 29 heavy (non-hydrogen) atoms. The maximum atomic E-state index is 5.94. The minimum absolute atomic E-state index is 0. The molecule has 0 saturated heterocycles. The number of aryl methyl sites for hydroxylation is 1. The van der Waals surface area contributed by atoms with Gasteiger partial charge in [-0.2, -0.15) is 0 Å². The van der Waals surface area contributed by atoms with Crippen molar-refractivity contribution in [3.63, 3.8) is 0 Å². The molecule has 0 spiro atoms. The molecule has 0 saturated carbocycles. The minimum atomic E-state index is 0. The highest BCUT2D eigenvalue weighted by atomic mass is 127. The molecule has 2 N–H and O–H groups in total. The van der Waals surface area contributed by atoms with E-state index in [1.54, 1.807) is 7.05 Å². The zero-order chi connectivity index (χ0) is 20.2. The molecule has 2 aromatic rings. The van der Waals surface area contributed by atoms with Gasteiger partial charge < -0.3 is 20.3 Å². The lowest BCUT2D eigenvalue weighted by molar-refractivity contribution is 0.259. The van der Waals surface area contributed by atoms with Crippen LogP contribution in [0.4, 0.5) is 0 Å². The van der Waals surface area contributed by atoms with Gasteiger partial charge in [-0.15, -0.1) is 24.0 Å². The Labute approximate surface area is 193 Å². The fourth-order valence-corrected chi connectivity index (χ4v) is 2.84. The molecule has 1 atom stereocenters. The van der Waals surface area contributed by atoms with Crippen molar-refractivity contribution in [2.75, 3.05) is 34.3 Å². The first kappa shape index (κ1) is 25.2. The number of nitrogens with zero attached hydrogens (tertiary/aromatic N) is 2. The zero-order valence-corrected chi connectivity index (χ0v) is 20.4. The Kier molecular flexibility index (Phi) is 12.4. The van der Waals surface area contributed by atoms with Crippen molar-refractivity contribution < 1.29 is 4.74 Å². The lowest BCUT2D eigenvalue weighted by atomic mass is 10.1. The molecule has 5 nitrogen and oxygen atoms in total. The third-order valence-corrected chi connectivity index (χ3v) is 4.53. The minimum Gasteiger partial charge on any atom is -0.492 e. The van der Waals surface area contributed by atoms with Crippen LogP contribution in [0.25, 0.3) is 0 Å². The van der Waals surface area contributed by atoms with Gasteiger partial charge in [0.25, 0.3) is 0 Å². The number of rotatable bonds is 10. The Morgan fingerprint density at radius 3 is 2.45 bits per heavy atom. The van der Waals surface area contributed by atoms with Gasteiger partial charge in [-0.1, -0.05) is 48.5 Å². The lowest BCUT2D eigenvalue weighted by Gasteiger charge is -2.19. The molecule has 0 heterocycles. The Morgan fingerprint density at radius 2 is 1.76 bits per heavy atom. The number of aliphatic imine (C=N–C) groups is 1. The van der Waals surface area contributed by atoms with Gasteiger partial charge in [0.15, 0.2) is 5.96 Å². The van der Waals surface area contributed by atoms with E-state index in [2.05, 4.69) is 63.8 Å². The number of guanidine groups is 1. The van der Waals surface area contributed by atoms with E-state index in [1.807, 2.05) is 32.3 Å². The monoisotopic (exact) mass is 510 g/mol. The predicted molar refractivity (Wildman–Crippen MR) is 133 cm³/mol. The van der Waals surface area contributed by atoms with Gasteiger partial charge in [0.2, 0.25) is 0 Å². The molecule has 0 radical (unpaired) electrons. The van der Waals surface area contributed by atoms with Crippen LogP contribution in [0.2, 0.25) is 0 Å². The Morgan fingerprint density at radius 1 is 1.07 bits per heavy atom. The first-order valence-corrected chi connectivity index (χ1v) is 9.95. The summed E-state index contributed by atoms with van der Waals surface area (Å²) in [6, 6.07) is 19.1. The van der Waals surface area contributed by atoms with Crippen LogP contribution in [-0.4, -0.2) is 51.2 Å². The highest BCUT2D eigenvalue weighted by molar-refractivity contribution is 14.0. The lowest BCUT2D eigenvalue weighted by Crippen LogP contribution is -2.42. The summed E-state index contributed by atoms with van der Waals surface area (Å²) >= 11 is 0. The molecule has 0 aliphatic rings. The normalized spacial score (nSPS) is 12.2. The van der Waals surface area contributed by atoms with Crippen molar-refractivity contribution >= 4 is 29.9 Å². The van der Waals surface area contributed by atoms with E-state index in [-0.39, 0.29) is 24.0 Å². The van der Waals surface area contributed by atoms with Gasteiger partial charge in [-0.05, 0) is 45.5 Å². The topological polar surface area (TPSA) is 48.9 Å². The third kappa shape index (κ3) is 9.99. The molecule has 160 valence electrons. The highest BCUT2D eigenvalue weighted by Crippen LogP contribution is 2.17. The van der Waals surface area contributed by atoms with E-state index >= 15 is 0 Å². The number of hydrogen-bond acceptors (Lipinski definition) is 3. The van der Waals surface area contributed by atoms with Crippen LogP contribution in [0.15, 0.2) is 59.6 Å². The highest BCUT2D eigenvalue weighted by Gasteiger charge is 2.08. The molecule has 0 amide bonds. The summed E-state index contributed by atoms with van der Waals surface area (Å²) < 4.78 is 5.94. The molecule has 0 aliphatic carbocycles. The molecule has 2 rings (SSSR count). The number of likely N-dealkylation sites (N-methyl/N-ethyl adjacent to an activating group) is 1. The van der Waals surface area contributed by atoms with Crippen molar-refractivity contribution in [3.05, 3.63) is 65.7 Å². The van der Waals surface area contributed by atoms with E-state index in [9.17, 15) is 0 Å². The largest absolute Gasteiger partial charge is 0.492 e. The summed E-state index contributed by atoms with van der Waals surface area (Å²) in [5.41, 5.74) is 2.49. The summed E-state index contributed by atoms with van der Waals surface area (Å²) in [6.07, 6.45) is 2.10. The molecule has 6 heteroatoms. The van der Waals surface area contributed by atoms with Crippen molar-refractivity contribution in [1.29, 1.82) is 0 Å². The number of hydrogen-bond donors (Lipinski definition) is 2. The number of halogens is 1. The molecule has 0 aromatic heterocycles. The summed E-state index contributed by atoms with van der Waals surface area (Å²) in [6.45, 7) is 4.43. The molecule has 0 bridgehead atoms. The fourth-order valence-electron chi connectivity index (χ4n) is 2.84. The van der Waals surface area contributed by atoms with Crippen molar-refractivity contribution in [3.8, 4) is 5.75 Å². The average Bonchev–Trinajstić information content (AvgIpc) is 2.71. The second-order valence-electron chi connectivity index (χ2n) is 7.25. The van der Waals surface area contributed by atoms with E-state index in [0.717, 1.165) is 36.7 Å². The van der Waals surface area contributed by atoms with E-state index in [0.29, 0.717) is 19.2 Å². The first-order valence-electron chi connectivity index (χ1n) is 9.95. The summed E-state index contributed by atoms with van der Waals surface area (Å²) in [5, 5.41) is 6.88. The van der Waals surface area contributed by atoms with Gasteiger partial charge in [-0.25, -0.2) is 0 Å². The Hall–Kier alpha value is -1.80. The van der Waals surface area contributed by atoms with Gasteiger partial charge in [0.05, 0.1) is 0 Å². The zero-order valence-electron chi connectivity index (χ0n) is 18.0. The number of para-hydroxylation sites is 1. The van der Waals surface area contributed by atoms with Crippen LogP contribution in [-0.2, 0) is 13.0 Å². The Bertz CT molecular complexity index is 722. The van der Waals surface area contributed by atoms with E-state index in [4.69, 9.17) is 4.74 Å². The van der Waals surface area contributed by atoms with Crippen LogP contribution in [0, 0.1) is 0 Å². The summed E-state index contributed by atoms with van der Waals surface area (Å²) in [5.74, 6) is 1.73. The van der Waals surface area contributed by atoms with Crippen molar-refractivity contribution in [1.82, 2.24) is 15.5 Å². The fraction of sp³-hybridized carbons (Fsp3) is 0.435. The van der Waals surface area contributed by atoms with Gasteiger partial charge >= 0.3 is 0 Å². The quantitative estimate of drug-likeness (QED) is 0.289. The maximum absolute atomic E-state index is 5.94. The average molecular weight is 510 g/mol. The van der Waals surface area contributed by atoms with Crippen LogP contribution >= 0.6 is 24.0 Å². The van der Waals surface area contributed by atoms with E-state index in [1.165, 1.54) is 5.56 Å². The SMILES string of the molecule is CN=C(NCc1ccccc1OCCN(C)C)NC(C)CCc1ccccc1.I. The third-order valence-electron chi connectivity index (χ3n) is 4.53. The molecular weight excluding hydrogens is 475 g/mol. The number of ether oxygens (including phenoxy) is 1. The van der Waals surface area contributed by atoms with Crippen molar-refractivity contribution in [2.45, 2.75) is 32.4 Å². The predicted octanol–water partition coefficient (Wildman–Crippen LogP) is 3.93. The van der Waals surface area contributed by atoms with Gasteiger partial charge in [0, 0.05) is 31.7 Å². The summed E-state index contributed by atoms with van der Waals surface area (Å²) in [7, 11) is 5.90. The first-order chi connectivity index (χ1) is 13.6. The smallest absolute Gasteiger partial charge is 0.191 e. The van der Waals surface area contributed by atoms with Crippen LogP contribution in [0.1, 0.15) is 24.5 Å². The molecule has 0 aliphatic heterocycles. The van der Waals surface area contributed by atoms with Gasteiger partial charge in [-0.3, -0.25) is 4.99 Å². The number of benzene rings is 2. The number of nitrogens with one attached hydrogen (secondary N) is 2. The standard InChI is InChI=1S/C23H34N4O.HI/c1-19(14-15-20-10-6-5-7-11-20)26-23(24-2)25-18-21-12-8-9-13-22(21)28-17-16-27(3)4;/h5-13,19H,14-18H2,1-4H3,(H2,24,25,26);1H. The molecular formula is C23H35IN4O. The van der Waals surface area contributed by atoms with Crippen molar-refractivity contribution in [2.24, 2.45) is 4.99 Å². The molecule has 1 unspecified atom stereocenters. The maximum Gasteiger partial charge on any atom is 0.191 e.